The molecule has 2 aromatic heterocycles. The lowest BCUT2D eigenvalue weighted by molar-refractivity contribution is -0.137. The van der Waals surface area contributed by atoms with Crippen LogP contribution in [0.2, 0.25) is 0 Å². The number of aliphatic hydroxyl groups is 2. The summed E-state index contributed by atoms with van der Waals surface area (Å²) in [5.74, 6) is -1.88. The van der Waals surface area contributed by atoms with Gasteiger partial charge in [-0.05, 0) is 12.8 Å². The number of ether oxygens (including phenoxy) is 1. The molecule has 64 heavy (non-hydrogen) atoms. The summed E-state index contributed by atoms with van der Waals surface area (Å²) in [7, 11) is -16.4. The fraction of sp³-hybridized carbons (Fsp3) is 0.735. The standard InChI is InChI=1S/C34H58N7O19P3S/c1-34(2,29(47)32(48)37-15-14-23(42)36-16-17-64-25(45)13-11-9-7-5-3-4-6-8-10-12-24(43)44)19-57-63(54,55)60-62(52,53)56-18-22-28(59-61(49,50)51)27(46)33(58-22)41-21-40-26-30(35)38-20-39-31(26)41/h20-22,27-29,33,46-47H,3-19H2,1-2H3,(H,36,42)(H,37,48)(H,43,44)(H,52,53)(H,54,55)(H2,35,38,39)(H2,49,50,51). The number of carboxylic acid groups (broad SMARTS) is 1. The molecule has 26 nitrogen and oxygen atoms in total. The number of fused-ring (bicyclic) bond motifs is 1. The molecule has 3 rings (SSSR count). The summed E-state index contributed by atoms with van der Waals surface area (Å²) in [6, 6.07) is 0. The van der Waals surface area contributed by atoms with Gasteiger partial charge in [-0.3, -0.25) is 37.3 Å². The molecule has 2 amide bonds. The zero-order valence-corrected chi connectivity index (χ0v) is 38.7. The molecule has 0 aliphatic carbocycles. The lowest BCUT2D eigenvalue weighted by Crippen LogP contribution is -2.46. The quantitative estimate of drug-likeness (QED) is 0.0381. The Morgan fingerprint density at radius 2 is 1.50 bits per heavy atom. The highest BCUT2D eigenvalue weighted by atomic mass is 32.2. The van der Waals surface area contributed by atoms with Crippen LogP contribution in [0.5, 0.6) is 0 Å². The summed E-state index contributed by atoms with van der Waals surface area (Å²) in [6.07, 6.45) is 2.27. The number of rotatable bonds is 31. The van der Waals surface area contributed by atoms with E-state index in [0.717, 1.165) is 80.4 Å². The number of nitrogens with one attached hydrogen (secondary N) is 2. The largest absolute Gasteiger partial charge is 0.481 e. The van der Waals surface area contributed by atoms with Gasteiger partial charge in [-0.15, -0.1) is 0 Å². The highest BCUT2D eigenvalue weighted by molar-refractivity contribution is 8.13. The van der Waals surface area contributed by atoms with Gasteiger partial charge in [0.1, 0.15) is 36.3 Å². The van der Waals surface area contributed by atoms with Gasteiger partial charge in [0.25, 0.3) is 0 Å². The number of carbonyl (C=O) groups excluding carboxylic acids is 3. The number of nitrogen functional groups attached to an aromatic ring is 1. The zero-order chi connectivity index (χ0) is 47.7. The van der Waals surface area contributed by atoms with Crippen LogP contribution < -0.4 is 16.4 Å². The maximum atomic E-state index is 12.7. The van der Waals surface area contributed by atoms with Crippen LogP contribution in [0.15, 0.2) is 12.7 Å². The molecule has 3 heterocycles. The van der Waals surface area contributed by atoms with Crippen LogP contribution in [0.25, 0.3) is 11.2 Å². The smallest absolute Gasteiger partial charge is 0.481 e. The molecule has 1 aliphatic rings. The molecule has 2 aromatic rings. The molecular formula is C34H58N7O19P3S. The Morgan fingerprint density at radius 3 is 2.12 bits per heavy atom. The number of carbonyl (C=O) groups is 4. The summed E-state index contributed by atoms with van der Waals surface area (Å²) >= 11 is 1.11. The van der Waals surface area contributed by atoms with Crippen molar-refractivity contribution in [1.29, 1.82) is 0 Å². The number of phosphoric acid groups is 3. The fourth-order valence-corrected chi connectivity index (χ4v) is 9.70. The lowest BCUT2D eigenvalue weighted by atomic mass is 9.87. The second-order valence-corrected chi connectivity index (χ2v) is 20.8. The first-order valence-corrected chi connectivity index (χ1v) is 25.7. The van der Waals surface area contributed by atoms with Gasteiger partial charge in [0.15, 0.2) is 22.8 Å². The van der Waals surface area contributed by atoms with Gasteiger partial charge < -0.3 is 56.0 Å². The third kappa shape index (κ3) is 19.5. The van der Waals surface area contributed by atoms with Crippen LogP contribution >= 0.6 is 35.2 Å². The summed E-state index contributed by atoms with van der Waals surface area (Å²) in [6.45, 7) is 0.472. The van der Waals surface area contributed by atoms with Gasteiger partial charge in [-0.1, -0.05) is 70.6 Å². The Hall–Kier alpha value is -2.97. The number of anilines is 1. The molecule has 1 fully saturated rings. The zero-order valence-electron chi connectivity index (χ0n) is 35.2. The maximum Gasteiger partial charge on any atom is 0.481 e. The topological polar surface area (TPSA) is 401 Å². The number of phosphoric ester groups is 3. The SMILES string of the molecule is CC(C)(COP(=O)(O)OP(=O)(O)OCC1OC(n2cnc3c(N)ncnc32)C(O)C1OP(=O)(O)O)C(O)C(=O)NCCC(=O)NCCSC(=O)CCCCCCCCCCCC(=O)O. The summed E-state index contributed by atoms with van der Waals surface area (Å²) in [5, 5.41) is 35.2. The second-order valence-electron chi connectivity index (χ2n) is 15.4. The van der Waals surface area contributed by atoms with E-state index < -0.39 is 90.5 Å². The average Bonchev–Trinajstić information content (AvgIpc) is 3.76. The number of nitrogens with two attached hydrogens (primary N) is 1. The number of hydrogen-bond acceptors (Lipinski definition) is 19. The Balaban J connectivity index is 1.34. The Morgan fingerprint density at radius 1 is 0.891 bits per heavy atom. The van der Waals surface area contributed by atoms with Crippen LogP contribution in [0, 0.1) is 5.41 Å². The molecule has 1 saturated heterocycles. The first kappa shape index (κ1) is 55.4. The van der Waals surface area contributed by atoms with E-state index >= 15 is 0 Å². The first-order chi connectivity index (χ1) is 29.9. The molecule has 0 saturated carbocycles. The van der Waals surface area contributed by atoms with E-state index in [1.807, 2.05) is 0 Å². The Bertz CT molecular complexity index is 2010. The van der Waals surface area contributed by atoms with Crippen molar-refractivity contribution in [3.8, 4) is 0 Å². The fourth-order valence-electron chi connectivity index (χ4n) is 6.15. The molecule has 0 spiro atoms. The molecule has 0 aromatic carbocycles. The highest BCUT2D eigenvalue weighted by Crippen LogP contribution is 2.61. The number of carboxylic acids is 1. The van der Waals surface area contributed by atoms with E-state index in [0.29, 0.717) is 18.6 Å². The van der Waals surface area contributed by atoms with E-state index in [9.17, 15) is 62.7 Å². The number of amides is 2. The summed E-state index contributed by atoms with van der Waals surface area (Å²) in [4.78, 5) is 98.6. The molecule has 7 atom stereocenters. The summed E-state index contributed by atoms with van der Waals surface area (Å²) < 4.78 is 62.3. The Kier molecular flexibility index (Phi) is 22.3. The molecule has 11 N–H and O–H groups in total. The van der Waals surface area contributed by atoms with Crippen molar-refractivity contribution in [2.45, 2.75) is 122 Å². The molecular weight excluding hydrogens is 935 g/mol. The van der Waals surface area contributed by atoms with Crippen LogP contribution in [-0.4, -0.2) is 134 Å². The van der Waals surface area contributed by atoms with Crippen molar-refractivity contribution >= 4 is 75.1 Å². The second kappa shape index (κ2) is 25.8. The van der Waals surface area contributed by atoms with Gasteiger partial charge in [0, 0.05) is 43.5 Å². The minimum atomic E-state index is -5.58. The Labute approximate surface area is 372 Å². The number of aliphatic hydroxyl groups excluding tert-OH is 2. The van der Waals surface area contributed by atoms with Crippen molar-refractivity contribution in [1.82, 2.24) is 30.2 Å². The van der Waals surface area contributed by atoms with Crippen molar-refractivity contribution < 1.29 is 90.4 Å². The van der Waals surface area contributed by atoms with Gasteiger partial charge in [-0.25, -0.2) is 28.6 Å². The monoisotopic (exact) mass is 993 g/mol. The summed E-state index contributed by atoms with van der Waals surface area (Å²) in [5.41, 5.74) is 4.25. The van der Waals surface area contributed by atoms with Crippen LogP contribution in [0.4, 0.5) is 5.82 Å². The van der Waals surface area contributed by atoms with E-state index in [4.69, 9.17) is 24.6 Å². The first-order valence-electron chi connectivity index (χ1n) is 20.2. The van der Waals surface area contributed by atoms with Crippen molar-refractivity contribution in [2.24, 2.45) is 5.41 Å². The number of unbranched alkanes of at least 4 members (excludes halogenated alkanes) is 8. The van der Waals surface area contributed by atoms with Crippen LogP contribution in [0.1, 0.15) is 97.1 Å². The molecule has 7 unspecified atom stereocenters. The van der Waals surface area contributed by atoms with E-state index in [1.165, 1.54) is 13.8 Å². The highest BCUT2D eigenvalue weighted by Gasteiger charge is 2.50. The number of nitrogens with zero attached hydrogens (tertiary/aromatic N) is 4. The number of thioether (sulfide) groups is 1. The molecule has 1 aliphatic heterocycles. The average molecular weight is 994 g/mol. The van der Waals surface area contributed by atoms with Crippen LogP contribution in [0.3, 0.4) is 0 Å². The van der Waals surface area contributed by atoms with Gasteiger partial charge in [0.2, 0.25) is 11.8 Å². The lowest BCUT2D eigenvalue weighted by Gasteiger charge is -2.30. The number of aliphatic carboxylic acids is 1. The number of imidazole rings is 1. The van der Waals surface area contributed by atoms with Gasteiger partial charge in [-0.2, -0.15) is 4.31 Å². The normalized spacial score (nSPS) is 20.4. The number of aromatic nitrogens is 4. The molecule has 0 bridgehead atoms. The van der Waals surface area contributed by atoms with Gasteiger partial charge in [0.05, 0.1) is 19.5 Å². The van der Waals surface area contributed by atoms with Gasteiger partial charge >= 0.3 is 29.4 Å². The van der Waals surface area contributed by atoms with E-state index in [-0.39, 0.29) is 48.0 Å². The predicted molar refractivity (Wildman–Crippen MR) is 226 cm³/mol. The third-order valence-electron chi connectivity index (χ3n) is 9.54. The predicted octanol–water partition coefficient (Wildman–Crippen LogP) is 2.04. The van der Waals surface area contributed by atoms with Crippen molar-refractivity contribution in [3.63, 3.8) is 0 Å². The minimum Gasteiger partial charge on any atom is -0.481 e. The molecule has 364 valence electrons. The third-order valence-corrected chi connectivity index (χ3v) is 13.6. The van der Waals surface area contributed by atoms with E-state index in [2.05, 4.69) is 34.4 Å². The van der Waals surface area contributed by atoms with Crippen LogP contribution in [-0.2, 0) is 55.5 Å². The maximum absolute atomic E-state index is 12.7. The molecule has 0 radical (unpaired) electrons. The minimum absolute atomic E-state index is 0.0182. The van der Waals surface area contributed by atoms with Crippen molar-refractivity contribution in [3.05, 3.63) is 12.7 Å². The molecule has 30 heteroatoms. The van der Waals surface area contributed by atoms with Crippen molar-refractivity contribution in [2.75, 3.05) is 37.8 Å². The van der Waals surface area contributed by atoms with E-state index in [1.54, 1.807) is 0 Å². The number of hydrogen-bond donors (Lipinski definition) is 10.